The molecule has 1 saturated heterocycles. The van der Waals surface area contributed by atoms with Crippen molar-refractivity contribution in [3.05, 3.63) is 142 Å². The Bertz CT molecular complexity index is 2410. The lowest BCUT2D eigenvalue weighted by Crippen LogP contribution is -2.38. The lowest BCUT2D eigenvalue weighted by molar-refractivity contribution is -0.118. The second kappa shape index (κ2) is 16.5. The summed E-state index contributed by atoms with van der Waals surface area (Å²) >= 11 is 6.39. The van der Waals surface area contributed by atoms with E-state index in [1.165, 1.54) is 17.0 Å². The average Bonchev–Trinajstić information content (AvgIpc) is 3.85. The highest BCUT2D eigenvalue weighted by Gasteiger charge is 2.51. The van der Waals surface area contributed by atoms with E-state index in [0.717, 1.165) is 16.7 Å². The molecule has 4 atom stereocenters. The molecule has 7 rings (SSSR count). The number of hydrogen-bond donors (Lipinski definition) is 3. The minimum atomic E-state index is -4.61. The van der Waals surface area contributed by atoms with Crippen LogP contribution in [0.25, 0.3) is 11.2 Å². The number of aromatic nitrogens is 4. The van der Waals surface area contributed by atoms with Crippen molar-refractivity contribution in [2.75, 3.05) is 26.1 Å². The fourth-order valence-corrected chi connectivity index (χ4v) is 8.67. The number of aromatic amines is 1. The molecule has 0 saturated carbocycles. The van der Waals surface area contributed by atoms with Crippen LogP contribution in [-0.2, 0) is 24.4 Å². The van der Waals surface area contributed by atoms with E-state index in [1.807, 2.05) is 78.9 Å². The Labute approximate surface area is 333 Å². The molecule has 2 aromatic heterocycles. The van der Waals surface area contributed by atoms with Gasteiger partial charge in [-0.1, -0.05) is 92.2 Å². The van der Waals surface area contributed by atoms with Crippen LogP contribution in [0.15, 0.2) is 114 Å². The van der Waals surface area contributed by atoms with Gasteiger partial charge in [0.1, 0.15) is 34.7 Å². The molecule has 14 nitrogen and oxygen atoms in total. The molecule has 16 heteroatoms. The van der Waals surface area contributed by atoms with Crippen LogP contribution in [0.4, 0.5) is 5.95 Å². The summed E-state index contributed by atoms with van der Waals surface area (Å²) in [4.78, 5) is 48.7. The molecular formula is C41H41ClN5O9P. The molecule has 3 heterocycles. The molecule has 3 N–H and O–H groups in total. The number of carbonyl (C=O) groups is 1. The smallest absolute Gasteiger partial charge is 0.382 e. The molecule has 1 fully saturated rings. The first-order chi connectivity index (χ1) is 27.4. The van der Waals surface area contributed by atoms with Gasteiger partial charge in [0.15, 0.2) is 11.2 Å². The van der Waals surface area contributed by atoms with Crippen molar-refractivity contribution in [1.29, 1.82) is 0 Å². The maximum atomic E-state index is 14.5. The number of nitrogens with zero attached hydrogens (tertiary/aromatic N) is 3. The summed E-state index contributed by atoms with van der Waals surface area (Å²) in [5, 5.41) is 2.76. The second-order valence-corrected chi connectivity index (χ2v) is 16.1. The average molecular weight is 814 g/mol. The number of amides is 1. The number of nitrogens with one attached hydrogen (secondary N) is 2. The van der Waals surface area contributed by atoms with Gasteiger partial charge in [0, 0.05) is 12.3 Å². The van der Waals surface area contributed by atoms with Crippen molar-refractivity contribution in [2.45, 2.75) is 43.9 Å². The molecule has 0 aliphatic carbocycles. The minimum Gasteiger partial charge on any atom is -0.497 e. The third-order valence-corrected chi connectivity index (χ3v) is 12.0. The first kappa shape index (κ1) is 39.7. The monoisotopic (exact) mass is 813 g/mol. The molecule has 0 spiro atoms. The first-order valence-corrected chi connectivity index (χ1v) is 20.1. The zero-order valence-electron chi connectivity index (χ0n) is 31.5. The van der Waals surface area contributed by atoms with Gasteiger partial charge >= 0.3 is 7.60 Å². The zero-order chi connectivity index (χ0) is 40.3. The van der Waals surface area contributed by atoms with Gasteiger partial charge in [-0.3, -0.25) is 24.5 Å². The first-order valence-electron chi connectivity index (χ1n) is 18.1. The number of ether oxygens (including phenoxy) is 4. The number of para-hydroxylation sites is 1. The number of H-pyrrole nitrogens is 1. The van der Waals surface area contributed by atoms with Crippen LogP contribution in [0.2, 0.25) is 5.02 Å². The van der Waals surface area contributed by atoms with E-state index in [0.29, 0.717) is 11.5 Å². The number of rotatable bonds is 14. The van der Waals surface area contributed by atoms with Gasteiger partial charge in [0.25, 0.3) is 5.56 Å². The number of benzene rings is 4. The number of methoxy groups -OCH3 is 2. The molecule has 0 bridgehead atoms. The molecule has 1 amide bonds. The minimum absolute atomic E-state index is 0.0148. The molecule has 0 radical (unpaired) electrons. The number of halogens is 1. The Balaban J connectivity index is 1.32. The standard InChI is InChI=1S/C41H41ClN5O9P/c1-25(2)38(48)45-40-44-37-36(39(49)46-40)43-24-47(37)35-22-34(57(50,51)56-32-13-9-8-12-31(32)42)33(55-35)23-54-41(26-10-6-5-7-11-26,27-14-18-29(52-3)19-15-27)28-16-20-30(53-4)21-17-28/h5-21,24-25,33-35H,22-23H2,1-4H3,(H,50,51)(H2,44,45,46,48,49)/t33-,34+,35-/m1/s1. The van der Waals surface area contributed by atoms with Crippen LogP contribution in [-0.4, -0.2) is 62.9 Å². The number of imidazole rings is 1. The maximum Gasteiger partial charge on any atom is 0.382 e. The Morgan fingerprint density at radius 2 is 1.56 bits per heavy atom. The van der Waals surface area contributed by atoms with Crippen LogP contribution in [0, 0.1) is 5.92 Å². The number of anilines is 1. The fourth-order valence-electron chi connectivity index (χ4n) is 6.85. The van der Waals surface area contributed by atoms with E-state index in [1.54, 1.807) is 46.3 Å². The predicted octanol–water partition coefficient (Wildman–Crippen LogP) is 7.31. The lowest BCUT2D eigenvalue weighted by atomic mass is 9.80. The highest BCUT2D eigenvalue weighted by atomic mass is 35.5. The van der Waals surface area contributed by atoms with Crippen LogP contribution in [0.5, 0.6) is 17.2 Å². The quantitative estimate of drug-likeness (QED) is 0.0743. The largest absolute Gasteiger partial charge is 0.497 e. The van der Waals surface area contributed by atoms with Crippen LogP contribution in [0.3, 0.4) is 0 Å². The summed E-state index contributed by atoms with van der Waals surface area (Å²) in [7, 11) is -1.44. The van der Waals surface area contributed by atoms with Crippen LogP contribution in [0.1, 0.15) is 43.2 Å². The summed E-state index contributed by atoms with van der Waals surface area (Å²) in [6, 6.07) is 30.9. The Hall–Kier alpha value is -5.50. The van der Waals surface area contributed by atoms with Crippen molar-refractivity contribution in [3.63, 3.8) is 0 Å². The Kier molecular flexibility index (Phi) is 11.5. The van der Waals surface area contributed by atoms with Gasteiger partial charge in [-0.15, -0.1) is 0 Å². The lowest BCUT2D eigenvalue weighted by Gasteiger charge is -2.37. The molecule has 296 valence electrons. The summed E-state index contributed by atoms with van der Waals surface area (Å²) in [6.45, 7) is 3.19. The van der Waals surface area contributed by atoms with Gasteiger partial charge in [0.05, 0.1) is 38.3 Å². The number of hydrogen-bond acceptors (Lipinski definition) is 10. The van der Waals surface area contributed by atoms with Gasteiger partial charge < -0.3 is 28.4 Å². The van der Waals surface area contributed by atoms with Crippen molar-refractivity contribution in [3.8, 4) is 17.2 Å². The van der Waals surface area contributed by atoms with E-state index in [-0.39, 0.29) is 52.7 Å². The van der Waals surface area contributed by atoms with Crippen molar-refractivity contribution in [2.24, 2.45) is 5.92 Å². The highest BCUT2D eigenvalue weighted by Crippen LogP contribution is 2.57. The highest BCUT2D eigenvalue weighted by molar-refractivity contribution is 7.54. The molecule has 1 unspecified atom stereocenters. The fraction of sp³-hybridized carbons (Fsp3) is 0.268. The van der Waals surface area contributed by atoms with Gasteiger partial charge in [-0.2, -0.15) is 4.98 Å². The van der Waals surface area contributed by atoms with Crippen LogP contribution >= 0.6 is 19.2 Å². The summed E-state index contributed by atoms with van der Waals surface area (Å²) in [5.41, 5.74) is -0.722. The summed E-state index contributed by atoms with van der Waals surface area (Å²) in [6.07, 6.45) is -0.762. The number of carbonyl (C=O) groups excluding carboxylic acids is 1. The second-order valence-electron chi connectivity index (χ2n) is 13.7. The SMILES string of the molecule is COc1ccc(C(OC[C@H]2O[C@@H](n3cnc4c(=O)[nH]c(NC(=O)C(C)C)nc43)C[C@@H]2P(=O)(O)Oc2ccccc2Cl)(c2ccccc2)c2ccc(OC)cc2)cc1. The summed E-state index contributed by atoms with van der Waals surface area (Å²) in [5.74, 6) is 0.487. The van der Waals surface area contributed by atoms with E-state index in [2.05, 4.69) is 20.3 Å². The van der Waals surface area contributed by atoms with E-state index >= 15 is 0 Å². The topological polar surface area (TPSA) is 176 Å². The number of fused-ring (bicyclic) bond motifs is 1. The molecule has 6 aromatic rings. The van der Waals surface area contributed by atoms with Gasteiger partial charge in [0.2, 0.25) is 11.9 Å². The van der Waals surface area contributed by atoms with Gasteiger partial charge in [-0.25, -0.2) is 9.55 Å². The third-order valence-electron chi connectivity index (χ3n) is 9.84. The van der Waals surface area contributed by atoms with Crippen LogP contribution < -0.4 is 24.9 Å². The zero-order valence-corrected chi connectivity index (χ0v) is 33.1. The van der Waals surface area contributed by atoms with Crippen molar-refractivity contribution in [1.82, 2.24) is 19.5 Å². The van der Waals surface area contributed by atoms with E-state index < -0.39 is 36.7 Å². The molecule has 1 aliphatic heterocycles. The Morgan fingerprint density at radius 3 is 2.16 bits per heavy atom. The van der Waals surface area contributed by atoms with Gasteiger partial charge in [-0.05, 0) is 53.1 Å². The normalized spacial score (nSPS) is 18.0. The predicted molar refractivity (Wildman–Crippen MR) is 214 cm³/mol. The van der Waals surface area contributed by atoms with E-state index in [4.69, 9.17) is 35.1 Å². The summed E-state index contributed by atoms with van der Waals surface area (Å²) < 4.78 is 46.5. The molecule has 4 aromatic carbocycles. The van der Waals surface area contributed by atoms with E-state index in [9.17, 15) is 19.0 Å². The van der Waals surface area contributed by atoms with Crippen molar-refractivity contribution >= 4 is 42.2 Å². The third kappa shape index (κ3) is 8.05. The molecule has 57 heavy (non-hydrogen) atoms. The molecular weight excluding hydrogens is 773 g/mol. The van der Waals surface area contributed by atoms with Crippen molar-refractivity contribution < 1.29 is 37.7 Å². The maximum absolute atomic E-state index is 14.5. The molecule has 1 aliphatic rings. The Morgan fingerprint density at radius 1 is 0.965 bits per heavy atom.